The van der Waals surface area contributed by atoms with Gasteiger partial charge in [-0.1, -0.05) is 18.2 Å². The number of nitrogens with zero attached hydrogens (tertiary/aromatic N) is 4. The molecule has 0 unspecified atom stereocenters. The highest BCUT2D eigenvalue weighted by Crippen LogP contribution is 2.29. The van der Waals surface area contributed by atoms with Crippen molar-refractivity contribution in [1.29, 1.82) is 0 Å². The maximum absolute atomic E-state index is 4.20. The molecule has 5 nitrogen and oxygen atoms in total. The van der Waals surface area contributed by atoms with Crippen molar-refractivity contribution in [3.8, 4) is 0 Å². The Bertz CT molecular complexity index is 1290. The predicted octanol–water partition coefficient (Wildman–Crippen LogP) is 6.09. The van der Waals surface area contributed by atoms with Crippen molar-refractivity contribution in [3.63, 3.8) is 0 Å². The Hall–Kier alpha value is -4.12. The third kappa shape index (κ3) is 4.18. The van der Waals surface area contributed by atoms with Gasteiger partial charge >= 0.3 is 0 Å². The highest BCUT2D eigenvalue weighted by Gasteiger charge is 2.12. The summed E-state index contributed by atoms with van der Waals surface area (Å²) in [5.41, 5.74) is 6.98. The van der Waals surface area contributed by atoms with Crippen molar-refractivity contribution in [2.45, 2.75) is 6.42 Å². The third-order valence-corrected chi connectivity index (χ3v) is 5.71. The smallest absolute Gasteiger partial charge is 0.0480 e. The lowest BCUT2D eigenvalue weighted by molar-refractivity contribution is 0.899. The van der Waals surface area contributed by atoms with Crippen molar-refractivity contribution < 1.29 is 0 Å². The molecule has 0 aliphatic heterocycles. The summed E-state index contributed by atoms with van der Waals surface area (Å²) < 4.78 is 2.21. The molecule has 158 valence electrons. The van der Waals surface area contributed by atoms with Crippen molar-refractivity contribution in [1.82, 2.24) is 14.5 Å². The number of fused-ring (bicyclic) bond motifs is 1. The van der Waals surface area contributed by atoms with Crippen LogP contribution in [0.5, 0.6) is 0 Å². The number of anilines is 4. The summed E-state index contributed by atoms with van der Waals surface area (Å²) in [6, 6.07) is 25.2. The Morgan fingerprint density at radius 1 is 0.750 bits per heavy atom. The number of aryl methyl sites for hydroxylation is 1. The van der Waals surface area contributed by atoms with Gasteiger partial charge in [-0.05, 0) is 66.6 Å². The summed E-state index contributed by atoms with van der Waals surface area (Å²) in [7, 11) is 2.11. The van der Waals surface area contributed by atoms with Gasteiger partial charge < -0.3 is 14.8 Å². The second kappa shape index (κ2) is 8.94. The molecule has 0 fully saturated rings. The largest absolute Gasteiger partial charge is 0.355 e. The number of hydrogen-bond donors (Lipinski definition) is 1. The zero-order chi connectivity index (χ0) is 21.8. The minimum Gasteiger partial charge on any atom is -0.355 e. The lowest BCUT2D eigenvalue weighted by Gasteiger charge is -2.25. The van der Waals surface area contributed by atoms with Crippen LogP contribution in [-0.4, -0.2) is 21.1 Å². The van der Waals surface area contributed by atoms with E-state index >= 15 is 0 Å². The molecule has 1 N–H and O–H groups in total. The number of pyridine rings is 2. The molecule has 0 atom stereocenters. The molecule has 0 amide bonds. The zero-order valence-corrected chi connectivity index (χ0v) is 18.0. The Labute approximate surface area is 188 Å². The highest BCUT2D eigenvalue weighted by atomic mass is 15.1. The standard InChI is InChI=1S/C27H25N5/c1-31-20-21(26-4-2-3-5-27(26)31)14-19-32(25-12-17-29-18-13-25)24-8-6-22(7-9-24)30-23-10-15-28-16-11-23/h2-13,15-18,20H,14,19H2,1H3,(H,28,30). The molecule has 3 heterocycles. The minimum absolute atomic E-state index is 0.870. The highest BCUT2D eigenvalue weighted by molar-refractivity contribution is 5.84. The van der Waals surface area contributed by atoms with Gasteiger partial charge in [0.25, 0.3) is 0 Å². The van der Waals surface area contributed by atoms with Crippen LogP contribution in [0, 0.1) is 0 Å². The number of hydrogen-bond acceptors (Lipinski definition) is 4. The van der Waals surface area contributed by atoms with Crippen molar-refractivity contribution in [3.05, 3.63) is 109 Å². The first kappa shape index (κ1) is 19.8. The first-order valence-electron chi connectivity index (χ1n) is 10.8. The van der Waals surface area contributed by atoms with Crippen LogP contribution in [0.25, 0.3) is 10.9 Å². The number of para-hydroxylation sites is 1. The van der Waals surface area contributed by atoms with E-state index in [1.54, 1.807) is 12.4 Å². The fraction of sp³-hybridized carbons (Fsp3) is 0.111. The number of rotatable bonds is 7. The van der Waals surface area contributed by atoms with Crippen molar-refractivity contribution in [2.75, 3.05) is 16.8 Å². The second-order valence-corrected chi connectivity index (χ2v) is 7.80. The normalized spacial score (nSPS) is 10.9. The molecule has 5 aromatic rings. The Morgan fingerprint density at radius 3 is 2.12 bits per heavy atom. The van der Waals surface area contributed by atoms with E-state index in [0.717, 1.165) is 35.7 Å². The van der Waals surface area contributed by atoms with Crippen molar-refractivity contribution in [2.24, 2.45) is 7.05 Å². The lowest BCUT2D eigenvalue weighted by Crippen LogP contribution is -2.20. The molecule has 32 heavy (non-hydrogen) atoms. The summed E-state index contributed by atoms with van der Waals surface area (Å²) in [6.07, 6.45) is 10.5. The van der Waals surface area contributed by atoms with E-state index in [9.17, 15) is 0 Å². The summed E-state index contributed by atoms with van der Waals surface area (Å²) in [5, 5.41) is 4.74. The maximum atomic E-state index is 4.20. The van der Waals surface area contributed by atoms with E-state index < -0.39 is 0 Å². The molecule has 3 aromatic heterocycles. The van der Waals surface area contributed by atoms with Crippen LogP contribution >= 0.6 is 0 Å². The Kier molecular flexibility index (Phi) is 5.54. The predicted molar refractivity (Wildman–Crippen MR) is 132 cm³/mol. The van der Waals surface area contributed by atoms with Gasteiger partial charge in [0.15, 0.2) is 0 Å². The average molecular weight is 420 g/mol. The van der Waals surface area contributed by atoms with E-state index in [-0.39, 0.29) is 0 Å². The van der Waals surface area contributed by atoms with Gasteiger partial charge in [0.05, 0.1) is 0 Å². The van der Waals surface area contributed by atoms with Gasteiger partial charge in [-0.3, -0.25) is 9.97 Å². The van der Waals surface area contributed by atoms with Crippen LogP contribution in [0.3, 0.4) is 0 Å². The van der Waals surface area contributed by atoms with Crippen LogP contribution in [0.1, 0.15) is 5.56 Å². The zero-order valence-electron chi connectivity index (χ0n) is 18.0. The van der Waals surface area contributed by atoms with Gasteiger partial charge in [0.1, 0.15) is 0 Å². The van der Waals surface area contributed by atoms with Gasteiger partial charge in [0, 0.05) is 78.2 Å². The first-order chi connectivity index (χ1) is 15.8. The fourth-order valence-corrected chi connectivity index (χ4v) is 4.11. The molecule has 0 aliphatic carbocycles. The summed E-state index contributed by atoms with van der Waals surface area (Å²) >= 11 is 0. The summed E-state index contributed by atoms with van der Waals surface area (Å²) in [6.45, 7) is 0.870. The van der Waals surface area contributed by atoms with Crippen LogP contribution < -0.4 is 10.2 Å². The van der Waals surface area contributed by atoms with Crippen LogP contribution in [-0.2, 0) is 13.5 Å². The van der Waals surface area contributed by atoms with Crippen LogP contribution in [0.2, 0.25) is 0 Å². The molecule has 0 bridgehead atoms. The number of nitrogens with one attached hydrogen (secondary N) is 1. The Morgan fingerprint density at radius 2 is 1.38 bits per heavy atom. The molecular formula is C27H25N5. The Balaban J connectivity index is 1.40. The summed E-state index contributed by atoms with van der Waals surface area (Å²) in [5.74, 6) is 0. The van der Waals surface area contributed by atoms with E-state index in [1.165, 1.54) is 16.5 Å². The van der Waals surface area contributed by atoms with E-state index in [4.69, 9.17) is 0 Å². The van der Waals surface area contributed by atoms with Gasteiger partial charge in [-0.15, -0.1) is 0 Å². The summed E-state index contributed by atoms with van der Waals surface area (Å²) in [4.78, 5) is 10.6. The van der Waals surface area contributed by atoms with Crippen molar-refractivity contribution >= 4 is 33.7 Å². The molecule has 0 saturated heterocycles. The van der Waals surface area contributed by atoms with Crippen LogP contribution in [0.4, 0.5) is 22.7 Å². The SMILES string of the molecule is Cn1cc(CCN(c2ccncc2)c2ccc(Nc3ccncc3)cc2)c2ccccc21. The fourth-order valence-electron chi connectivity index (χ4n) is 4.11. The van der Waals surface area contributed by atoms with E-state index in [0.29, 0.717) is 0 Å². The second-order valence-electron chi connectivity index (χ2n) is 7.80. The van der Waals surface area contributed by atoms with Gasteiger partial charge in [-0.2, -0.15) is 0 Å². The molecule has 0 saturated carbocycles. The number of aromatic nitrogens is 3. The van der Waals surface area contributed by atoms with E-state index in [2.05, 4.69) is 98.7 Å². The topological polar surface area (TPSA) is 46.0 Å². The maximum Gasteiger partial charge on any atom is 0.0480 e. The lowest BCUT2D eigenvalue weighted by atomic mass is 10.1. The van der Waals surface area contributed by atoms with E-state index in [1.807, 2.05) is 24.5 Å². The van der Waals surface area contributed by atoms with Crippen LogP contribution in [0.15, 0.2) is 104 Å². The van der Waals surface area contributed by atoms with Gasteiger partial charge in [-0.25, -0.2) is 0 Å². The molecule has 5 heteroatoms. The molecule has 0 spiro atoms. The van der Waals surface area contributed by atoms with Gasteiger partial charge in [0.2, 0.25) is 0 Å². The minimum atomic E-state index is 0.870. The quantitative estimate of drug-likeness (QED) is 0.347. The average Bonchev–Trinajstić information content (AvgIpc) is 3.17. The monoisotopic (exact) mass is 419 g/mol. The molecular weight excluding hydrogens is 394 g/mol. The molecule has 5 rings (SSSR count). The molecule has 0 aliphatic rings. The third-order valence-electron chi connectivity index (χ3n) is 5.71. The first-order valence-corrected chi connectivity index (χ1v) is 10.8. The number of benzene rings is 2. The molecule has 0 radical (unpaired) electrons. The molecule has 2 aromatic carbocycles.